The van der Waals surface area contributed by atoms with Gasteiger partial charge in [-0.15, -0.1) is 5.10 Å². The van der Waals surface area contributed by atoms with Crippen LogP contribution in [-0.4, -0.2) is 52.4 Å². The van der Waals surface area contributed by atoms with Gasteiger partial charge in [0.2, 0.25) is 5.89 Å². The summed E-state index contributed by atoms with van der Waals surface area (Å²) in [6, 6.07) is 3.75. The van der Waals surface area contributed by atoms with Crippen LogP contribution >= 0.6 is 0 Å². The Hall–Kier alpha value is -1.99. The van der Waals surface area contributed by atoms with E-state index in [0.717, 1.165) is 43.5 Å². The third-order valence-electron chi connectivity index (χ3n) is 3.61. The molecular weight excluding hydrogens is 282 g/mol. The molecule has 1 aliphatic rings. The fourth-order valence-corrected chi connectivity index (χ4v) is 2.44. The minimum Gasteiger partial charge on any atom is -0.444 e. The Morgan fingerprint density at radius 1 is 1.45 bits per heavy atom. The van der Waals surface area contributed by atoms with Crippen molar-refractivity contribution < 1.29 is 9.15 Å². The lowest BCUT2D eigenvalue weighted by Crippen LogP contribution is -2.44. The summed E-state index contributed by atoms with van der Waals surface area (Å²) in [4.78, 5) is 6.62. The highest BCUT2D eigenvalue weighted by molar-refractivity contribution is 5.31. The van der Waals surface area contributed by atoms with Crippen molar-refractivity contribution in [2.24, 2.45) is 0 Å². The van der Waals surface area contributed by atoms with Crippen LogP contribution in [-0.2, 0) is 17.7 Å². The van der Waals surface area contributed by atoms with Crippen LogP contribution < -0.4 is 5.32 Å². The largest absolute Gasteiger partial charge is 0.444 e. The Morgan fingerprint density at radius 2 is 2.41 bits per heavy atom. The summed E-state index contributed by atoms with van der Waals surface area (Å²) in [5.74, 6) is 2.48. The number of aryl methyl sites for hydroxylation is 1. The number of oxazole rings is 1. The molecule has 0 saturated carbocycles. The fraction of sp³-hybridized carbons (Fsp3) is 0.533. The Balaban J connectivity index is 1.48. The van der Waals surface area contributed by atoms with Crippen molar-refractivity contribution >= 4 is 5.82 Å². The molecule has 2 aromatic rings. The van der Waals surface area contributed by atoms with Gasteiger partial charge in [-0.05, 0) is 12.1 Å². The number of anilines is 1. The lowest BCUT2D eigenvalue weighted by atomic mass is 10.2. The van der Waals surface area contributed by atoms with E-state index in [0.29, 0.717) is 13.2 Å². The molecule has 0 amide bonds. The minimum atomic E-state index is 0.122. The Morgan fingerprint density at radius 3 is 3.18 bits per heavy atom. The minimum absolute atomic E-state index is 0.122. The van der Waals surface area contributed by atoms with Crippen LogP contribution in [0.3, 0.4) is 0 Å². The van der Waals surface area contributed by atoms with Crippen LogP contribution in [0.2, 0.25) is 0 Å². The van der Waals surface area contributed by atoms with Gasteiger partial charge < -0.3 is 14.5 Å². The molecule has 1 N–H and O–H groups in total. The molecule has 1 aliphatic heterocycles. The van der Waals surface area contributed by atoms with E-state index >= 15 is 0 Å². The second-order valence-corrected chi connectivity index (χ2v) is 5.29. The fourth-order valence-electron chi connectivity index (χ4n) is 2.44. The zero-order valence-corrected chi connectivity index (χ0v) is 12.7. The first-order valence-electron chi connectivity index (χ1n) is 7.62. The molecule has 22 heavy (non-hydrogen) atoms. The molecule has 1 fully saturated rings. The normalized spacial score (nSPS) is 19.2. The summed E-state index contributed by atoms with van der Waals surface area (Å²) in [5, 5.41) is 11.1. The van der Waals surface area contributed by atoms with Crippen molar-refractivity contribution in [2.45, 2.75) is 26.0 Å². The van der Waals surface area contributed by atoms with Crippen LogP contribution in [0.5, 0.6) is 0 Å². The maximum absolute atomic E-state index is 5.79. The van der Waals surface area contributed by atoms with E-state index in [1.165, 1.54) is 0 Å². The second kappa shape index (κ2) is 7.33. The molecule has 7 heteroatoms. The first-order valence-corrected chi connectivity index (χ1v) is 7.62. The highest BCUT2D eigenvalue weighted by Gasteiger charge is 2.21. The Bertz CT molecular complexity index is 574. The van der Waals surface area contributed by atoms with Gasteiger partial charge in [0.25, 0.3) is 0 Å². The summed E-state index contributed by atoms with van der Waals surface area (Å²) in [7, 11) is 0. The molecule has 0 radical (unpaired) electrons. The highest BCUT2D eigenvalue weighted by atomic mass is 16.5. The van der Waals surface area contributed by atoms with Gasteiger partial charge in [0.1, 0.15) is 11.6 Å². The van der Waals surface area contributed by atoms with Crippen molar-refractivity contribution in [3.63, 3.8) is 0 Å². The van der Waals surface area contributed by atoms with Crippen LogP contribution in [0.25, 0.3) is 0 Å². The van der Waals surface area contributed by atoms with E-state index in [1.54, 1.807) is 6.20 Å². The third-order valence-corrected chi connectivity index (χ3v) is 3.61. The monoisotopic (exact) mass is 303 g/mol. The van der Waals surface area contributed by atoms with Crippen LogP contribution in [0, 0.1) is 0 Å². The van der Waals surface area contributed by atoms with E-state index < -0.39 is 0 Å². The number of rotatable bonds is 6. The van der Waals surface area contributed by atoms with Crippen molar-refractivity contribution in [1.82, 2.24) is 20.1 Å². The highest BCUT2D eigenvalue weighted by Crippen LogP contribution is 2.12. The van der Waals surface area contributed by atoms with Gasteiger partial charge in [0.15, 0.2) is 0 Å². The topological polar surface area (TPSA) is 76.3 Å². The number of aromatic nitrogens is 3. The van der Waals surface area contributed by atoms with Gasteiger partial charge in [-0.1, -0.05) is 6.92 Å². The summed E-state index contributed by atoms with van der Waals surface area (Å²) in [6.45, 7) is 5.95. The zero-order chi connectivity index (χ0) is 15.2. The lowest BCUT2D eigenvalue weighted by molar-refractivity contribution is -0.0265. The number of nitrogens with zero attached hydrogens (tertiary/aromatic N) is 4. The molecule has 0 spiro atoms. The van der Waals surface area contributed by atoms with E-state index in [1.807, 2.05) is 18.3 Å². The zero-order valence-electron chi connectivity index (χ0n) is 12.7. The average Bonchev–Trinajstić information content (AvgIpc) is 3.02. The van der Waals surface area contributed by atoms with Gasteiger partial charge in [0.05, 0.1) is 25.5 Å². The Kier molecular flexibility index (Phi) is 4.97. The third kappa shape index (κ3) is 4.02. The van der Waals surface area contributed by atoms with Gasteiger partial charge in [-0.25, -0.2) is 4.98 Å². The van der Waals surface area contributed by atoms with E-state index in [-0.39, 0.29) is 6.10 Å². The summed E-state index contributed by atoms with van der Waals surface area (Å²) >= 11 is 0. The average molecular weight is 303 g/mol. The predicted octanol–water partition coefficient (Wildman–Crippen LogP) is 1.34. The van der Waals surface area contributed by atoms with Crippen molar-refractivity contribution in [1.29, 1.82) is 0 Å². The first-order chi connectivity index (χ1) is 10.8. The molecule has 0 aliphatic carbocycles. The molecule has 1 atom stereocenters. The molecule has 2 aromatic heterocycles. The summed E-state index contributed by atoms with van der Waals surface area (Å²) in [6.07, 6.45) is 4.46. The predicted molar refractivity (Wildman–Crippen MR) is 81.4 cm³/mol. The first kappa shape index (κ1) is 14.9. The molecule has 1 unspecified atom stereocenters. The van der Waals surface area contributed by atoms with Gasteiger partial charge in [-0.3, -0.25) is 4.90 Å². The number of hydrogen-bond donors (Lipinski definition) is 1. The molecule has 0 bridgehead atoms. The smallest absolute Gasteiger partial charge is 0.208 e. The number of hydrogen-bond acceptors (Lipinski definition) is 7. The van der Waals surface area contributed by atoms with Crippen molar-refractivity contribution in [3.05, 3.63) is 36.2 Å². The van der Waals surface area contributed by atoms with Crippen LogP contribution in [0.4, 0.5) is 5.82 Å². The SMILES string of the molecule is CCc1cnc(CN2CCOC(CNc3cccnn3)C2)o1. The maximum Gasteiger partial charge on any atom is 0.208 e. The number of nitrogens with one attached hydrogen (secondary N) is 1. The summed E-state index contributed by atoms with van der Waals surface area (Å²) < 4.78 is 11.5. The molecule has 7 nitrogen and oxygen atoms in total. The standard InChI is InChI=1S/C15H21N5O2/c1-2-12-8-17-15(22-12)11-20-6-7-21-13(10-20)9-16-14-4-3-5-18-19-14/h3-5,8,13H,2,6-7,9-11H2,1H3,(H,16,19). The number of ether oxygens (including phenoxy) is 1. The second-order valence-electron chi connectivity index (χ2n) is 5.29. The van der Waals surface area contributed by atoms with Crippen molar-refractivity contribution in [3.8, 4) is 0 Å². The van der Waals surface area contributed by atoms with E-state index in [2.05, 4.69) is 32.3 Å². The van der Waals surface area contributed by atoms with E-state index in [4.69, 9.17) is 9.15 Å². The van der Waals surface area contributed by atoms with Gasteiger partial charge >= 0.3 is 0 Å². The molecule has 0 aromatic carbocycles. The van der Waals surface area contributed by atoms with Crippen LogP contribution in [0.1, 0.15) is 18.6 Å². The Labute approximate surface area is 129 Å². The van der Waals surface area contributed by atoms with E-state index in [9.17, 15) is 0 Å². The maximum atomic E-state index is 5.79. The van der Waals surface area contributed by atoms with Gasteiger partial charge in [-0.2, -0.15) is 5.10 Å². The molecular formula is C15H21N5O2. The molecule has 3 rings (SSSR count). The van der Waals surface area contributed by atoms with Crippen LogP contribution in [0.15, 0.2) is 28.9 Å². The van der Waals surface area contributed by atoms with Crippen molar-refractivity contribution in [2.75, 3.05) is 31.6 Å². The molecule has 1 saturated heterocycles. The number of morpholine rings is 1. The molecule has 118 valence electrons. The molecule has 3 heterocycles. The van der Waals surface area contributed by atoms with Gasteiger partial charge in [0, 0.05) is 32.3 Å². The quantitative estimate of drug-likeness (QED) is 0.863. The lowest BCUT2D eigenvalue weighted by Gasteiger charge is -2.32. The summed E-state index contributed by atoms with van der Waals surface area (Å²) in [5.41, 5.74) is 0.